The van der Waals surface area contributed by atoms with Crippen molar-refractivity contribution < 1.29 is 22.7 Å². The number of nitrogens with zero attached hydrogens (tertiary/aromatic N) is 2. The molecule has 0 unspecified atom stereocenters. The summed E-state index contributed by atoms with van der Waals surface area (Å²) in [5.74, 6) is -0.499. The van der Waals surface area contributed by atoms with Gasteiger partial charge in [0.05, 0.1) is 17.2 Å². The van der Waals surface area contributed by atoms with E-state index in [9.17, 15) is 18.0 Å². The van der Waals surface area contributed by atoms with E-state index in [-0.39, 0.29) is 29.1 Å². The number of carbonyl (C=O) groups excluding carboxylic acids is 2. The third kappa shape index (κ3) is 7.41. The second-order valence-corrected chi connectivity index (χ2v) is 11.9. The lowest BCUT2D eigenvalue weighted by molar-refractivity contribution is -0.139. The highest BCUT2D eigenvalue weighted by molar-refractivity contribution is 7.92. The molecule has 3 aromatic rings. The highest BCUT2D eigenvalue weighted by Crippen LogP contribution is 2.33. The van der Waals surface area contributed by atoms with Crippen LogP contribution in [0, 0.1) is 13.8 Å². The zero-order valence-electron chi connectivity index (χ0n) is 24.0. The molecule has 2 amide bonds. The molecule has 214 valence electrons. The zero-order valence-corrected chi connectivity index (χ0v) is 24.9. The Labute approximate surface area is 238 Å². The summed E-state index contributed by atoms with van der Waals surface area (Å²) in [5, 5.41) is 2.87. The van der Waals surface area contributed by atoms with Gasteiger partial charge in [-0.1, -0.05) is 54.1 Å². The number of hydrogen-bond donors (Lipinski definition) is 1. The second kappa shape index (κ2) is 13.5. The molecule has 0 bridgehead atoms. The number of para-hydroxylation sites is 2. The Balaban J connectivity index is 2.09. The number of nitrogens with one attached hydrogen (secondary N) is 1. The molecular formula is C31H39N3O5S. The van der Waals surface area contributed by atoms with E-state index in [1.165, 1.54) is 17.0 Å². The van der Waals surface area contributed by atoms with Crippen molar-refractivity contribution in [3.8, 4) is 5.75 Å². The minimum atomic E-state index is -4.18. The van der Waals surface area contributed by atoms with Crippen molar-refractivity contribution in [3.63, 3.8) is 0 Å². The predicted molar refractivity (Wildman–Crippen MR) is 158 cm³/mol. The van der Waals surface area contributed by atoms with Gasteiger partial charge in [0.25, 0.3) is 10.0 Å². The van der Waals surface area contributed by atoms with Crippen molar-refractivity contribution in [2.24, 2.45) is 0 Å². The summed E-state index contributed by atoms with van der Waals surface area (Å²) in [7, 11) is -4.18. The first-order valence-corrected chi connectivity index (χ1v) is 14.8. The number of ether oxygens (including phenoxy) is 1. The SMILES string of the molecule is CCOc1ccccc1N(CC(=O)N(Cc1ccccc1C)[C@@H](C)C(=O)NC(C)C)S(=O)(=O)c1ccc(C)cc1. The van der Waals surface area contributed by atoms with Crippen molar-refractivity contribution >= 4 is 27.5 Å². The number of carbonyl (C=O) groups is 2. The number of amides is 2. The van der Waals surface area contributed by atoms with Crippen LogP contribution in [-0.4, -0.2) is 50.4 Å². The van der Waals surface area contributed by atoms with E-state index in [1.807, 2.05) is 52.0 Å². The first-order chi connectivity index (χ1) is 18.9. The lowest BCUT2D eigenvalue weighted by atomic mass is 10.1. The fourth-order valence-electron chi connectivity index (χ4n) is 4.25. The van der Waals surface area contributed by atoms with Gasteiger partial charge in [-0.15, -0.1) is 0 Å². The minimum Gasteiger partial charge on any atom is -0.492 e. The Morgan fingerprint density at radius 1 is 0.900 bits per heavy atom. The summed E-state index contributed by atoms with van der Waals surface area (Å²) in [6.45, 7) is 10.9. The van der Waals surface area contributed by atoms with Crippen LogP contribution in [-0.2, 0) is 26.2 Å². The van der Waals surface area contributed by atoms with Crippen LogP contribution in [0.3, 0.4) is 0 Å². The van der Waals surface area contributed by atoms with Crippen LogP contribution in [0.25, 0.3) is 0 Å². The molecule has 3 aromatic carbocycles. The Kier molecular flexibility index (Phi) is 10.3. The molecule has 9 heteroatoms. The lowest BCUT2D eigenvalue weighted by Gasteiger charge is -2.33. The van der Waals surface area contributed by atoms with E-state index in [1.54, 1.807) is 50.2 Å². The van der Waals surface area contributed by atoms with Gasteiger partial charge in [0.15, 0.2) is 0 Å². The van der Waals surface area contributed by atoms with Crippen LogP contribution in [0.5, 0.6) is 5.75 Å². The summed E-state index contributed by atoms with van der Waals surface area (Å²) >= 11 is 0. The molecule has 0 spiro atoms. The molecular weight excluding hydrogens is 526 g/mol. The van der Waals surface area contributed by atoms with E-state index in [0.29, 0.717) is 12.4 Å². The second-order valence-electron chi connectivity index (χ2n) is 10.0. The van der Waals surface area contributed by atoms with Gasteiger partial charge in [-0.05, 0) is 76.9 Å². The Bertz CT molecular complexity index is 1420. The van der Waals surface area contributed by atoms with E-state index in [2.05, 4.69) is 5.32 Å². The van der Waals surface area contributed by atoms with Crippen molar-refractivity contribution in [3.05, 3.63) is 89.5 Å². The summed E-state index contributed by atoms with van der Waals surface area (Å²) in [4.78, 5) is 28.6. The van der Waals surface area contributed by atoms with Crippen LogP contribution in [0.1, 0.15) is 44.4 Å². The number of benzene rings is 3. The zero-order chi connectivity index (χ0) is 29.4. The Morgan fingerprint density at radius 3 is 2.15 bits per heavy atom. The van der Waals surface area contributed by atoms with Crippen molar-refractivity contribution in [2.45, 2.75) is 65.1 Å². The molecule has 3 rings (SSSR count). The Morgan fingerprint density at radius 2 is 1.52 bits per heavy atom. The fourth-order valence-corrected chi connectivity index (χ4v) is 5.67. The van der Waals surface area contributed by atoms with Gasteiger partial charge in [0, 0.05) is 12.6 Å². The predicted octanol–water partition coefficient (Wildman–Crippen LogP) is 4.84. The molecule has 0 aliphatic rings. The monoisotopic (exact) mass is 565 g/mol. The molecule has 1 N–H and O–H groups in total. The quantitative estimate of drug-likeness (QED) is 0.339. The summed E-state index contributed by atoms with van der Waals surface area (Å²) in [6.07, 6.45) is 0. The molecule has 0 aliphatic heterocycles. The maximum atomic E-state index is 14.1. The highest BCUT2D eigenvalue weighted by Gasteiger charge is 2.34. The van der Waals surface area contributed by atoms with E-state index >= 15 is 0 Å². The molecule has 0 saturated carbocycles. The van der Waals surface area contributed by atoms with E-state index < -0.39 is 28.5 Å². The molecule has 40 heavy (non-hydrogen) atoms. The van der Waals surface area contributed by atoms with Gasteiger partial charge >= 0.3 is 0 Å². The molecule has 8 nitrogen and oxygen atoms in total. The fraction of sp³-hybridized carbons (Fsp3) is 0.355. The topological polar surface area (TPSA) is 96.0 Å². The number of sulfonamides is 1. The number of hydrogen-bond acceptors (Lipinski definition) is 5. The lowest BCUT2D eigenvalue weighted by Crippen LogP contribution is -2.52. The normalized spacial score (nSPS) is 12.1. The van der Waals surface area contributed by atoms with Crippen molar-refractivity contribution in [2.75, 3.05) is 17.5 Å². The van der Waals surface area contributed by atoms with E-state index in [4.69, 9.17) is 4.74 Å². The van der Waals surface area contributed by atoms with Crippen LogP contribution in [0.4, 0.5) is 5.69 Å². The molecule has 0 radical (unpaired) electrons. The first kappa shape index (κ1) is 30.7. The van der Waals surface area contributed by atoms with Gasteiger partial charge in [-0.3, -0.25) is 13.9 Å². The molecule has 0 fully saturated rings. The molecule has 1 atom stereocenters. The van der Waals surface area contributed by atoms with Crippen LogP contribution in [0.2, 0.25) is 0 Å². The minimum absolute atomic E-state index is 0.0493. The van der Waals surface area contributed by atoms with Gasteiger partial charge in [0.1, 0.15) is 18.3 Å². The molecule has 0 aliphatic carbocycles. The summed E-state index contributed by atoms with van der Waals surface area (Å²) in [6, 6.07) is 19.8. The van der Waals surface area contributed by atoms with Gasteiger partial charge in [-0.25, -0.2) is 8.42 Å². The summed E-state index contributed by atoms with van der Waals surface area (Å²) in [5.41, 5.74) is 2.98. The maximum absolute atomic E-state index is 14.1. The third-order valence-electron chi connectivity index (χ3n) is 6.52. The third-order valence-corrected chi connectivity index (χ3v) is 8.30. The average Bonchev–Trinajstić information content (AvgIpc) is 2.91. The largest absolute Gasteiger partial charge is 0.492 e. The van der Waals surface area contributed by atoms with Gasteiger partial charge in [0.2, 0.25) is 11.8 Å². The highest BCUT2D eigenvalue weighted by atomic mass is 32.2. The van der Waals surface area contributed by atoms with E-state index in [0.717, 1.165) is 21.0 Å². The van der Waals surface area contributed by atoms with Crippen LogP contribution in [0.15, 0.2) is 77.7 Å². The van der Waals surface area contributed by atoms with Crippen molar-refractivity contribution in [1.82, 2.24) is 10.2 Å². The number of aryl methyl sites for hydroxylation is 2. The molecule has 0 saturated heterocycles. The summed E-state index contributed by atoms with van der Waals surface area (Å²) < 4.78 is 34.9. The van der Waals surface area contributed by atoms with Crippen LogP contribution >= 0.6 is 0 Å². The Hall–Kier alpha value is -3.85. The van der Waals surface area contributed by atoms with Crippen LogP contribution < -0.4 is 14.4 Å². The molecule has 0 heterocycles. The number of anilines is 1. The average molecular weight is 566 g/mol. The molecule has 0 aromatic heterocycles. The standard InChI is InChI=1S/C31H39N3O5S/c1-7-39-29-15-11-10-14-28(29)34(40(37,38)27-18-16-23(4)17-19-27)21-30(35)33(25(6)31(36)32-22(2)3)20-26-13-9-8-12-24(26)5/h8-19,22,25H,7,20-21H2,1-6H3,(H,32,36)/t25-/m0/s1. The van der Waals surface area contributed by atoms with Gasteiger partial charge < -0.3 is 15.0 Å². The first-order valence-electron chi connectivity index (χ1n) is 13.4. The smallest absolute Gasteiger partial charge is 0.264 e. The van der Waals surface area contributed by atoms with Crippen molar-refractivity contribution in [1.29, 1.82) is 0 Å². The van der Waals surface area contributed by atoms with Gasteiger partial charge in [-0.2, -0.15) is 0 Å². The maximum Gasteiger partial charge on any atom is 0.264 e. The number of rotatable bonds is 12.